The van der Waals surface area contributed by atoms with Crippen LogP contribution in [0.25, 0.3) is 10.9 Å². The van der Waals surface area contributed by atoms with Crippen LogP contribution in [0.5, 0.6) is 0 Å². The number of aromatic amines is 1. The van der Waals surface area contributed by atoms with Crippen molar-refractivity contribution in [1.82, 2.24) is 15.0 Å². The number of fused-ring (bicyclic) bond motifs is 1. The Balaban J connectivity index is 2.15. The first-order valence-corrected chi connectivity index (χ1v) is 6.84. The molecule has 6 nitrogen and oxygen atoms in total. The van der Waals surface area contributed by atoms with E-state index < -0.39 is 0 Å². The minimum Gasteiger partial charge on any atom is -0.377 e. The first-order valence-electron chi connectivity index (χ1n) is 6.05. The van der Waals surface area contributed by atoms with Gasteiger partial charge in [-0.3, -0.25) is 14.8 Å². The molecule has 2 aromatic heterocycles. The van der Waals surface area contributed by atoms with Gasteiger partial charge in [-0.25, -0.2) is 4.98 Å². The molecule has 1 aliphatic heterocycles. The van der Waals surface area contributed by atoms with Crippen LogP contribution >= 0.6 is 15.9 Å². The van der Waals surface area contributed by atoms with Gasteiger partial charge in [0.25, 0.3) is 5.56 Å². The SMILES string of the molecule is C[C@H]1COCCN1c1nc2c(Br)cncc2c(=O)[nH]1. The van der Waals surface area contributed by atoms with Crippen molar-refractivity contribution in [2.75, 3.05) is 24.7 Å². The molecular weight excluding hydrogens is 312 g/mol. The third-order valence-electron chi connectivity index (χ3n) is 3.20. The zero-order chi connectivity index (χ0) is 13.4. The predicted molar refractivity (Wildman–Crippen MR) is 75.5 cm³/mol. The van der Waals surface area contributed by atoms with Crippen molar-refractivity contribution >= 4 is 32.8 Å². The molecule has 0 amide bonds. The molecule has 1 aliphatic rings. The first kappa shape index (κ1) is 12.6. The smallest absolute Gasteiger partial charge is 0.261 e. The van der Waals surface area contributed by atoms with Crippen molar-refractivity contribution < 1.29 is 4.74 Å². The Morgan fingerprint density at radius 1 is 1.53 bits per heavy atom. The van der Waals surface area contributed by atoms with Gasteiger partial charge in [0.2, 0.25) is 5.95 Å². The van der Waals surface area contributed by atoms with E-state index in [1.54, 1.807) is 6.20 Å². The number of ether oxygens (including phenoxy) is 1. The Kier molecular flexibility index (Phi) is 3.24. The molecule has 7 heteroatoms. The number of hydrogen-bond acceptors (Lipinski definition) is 5. The zero-order valence-electron chi connectivity index (χ0n) is 10.4. The number of halogens is 1. The molecule has 0 unspecified atom stereocenters. The molecule has 0 aromatic carbocycles. The average molecular weight is 325 g/mol. The average Bonchev–Trinajstić information content (AvgIpc) is 2.40. The summed E-state index contributed by atoms with van der Waals surface area (Å²) in [5.41, 5.74) is 0.458. The number of aromatic nitrogens is 3. The van der Waals surface area contributed by atoms with E-state index in [1.807, 2.05) is 6.92 Å². The number of anilines is 1. The lowest BCUT2D eigenvalue weighted by atomic mass is 10.2. The van der Waals surface area contributed by atoms with E-state index >= 15 is 0 Å². The molecular formula is C12H13BrN4O2. The third kappa shape index (κ3) is 2.23. The highest BCUT2D eigenvalue weighted by atomic mass is 79.9. The molecule has 1 saturated heterocycles. The monoisotopic (exact) mass is 324 g/mol. The molecule has 0 bridgehead atoms. The number of nitrogens with one attached hydrogen (secondary N) is 1. The fraction of sp³-hybridized carbons (Fsp3) is 0.417. The lowest BCUT2D eigenvalue weighted by Crippen LogP contribution is -2.45. The molecule has 100 valence electrons. The van der Waals surface area contributed by atoms with E-state index in [1.165, 1.54) is 6.20 Å². The van der Waals surface area contributed by atoms with Crippen LogP contribution in [0.1, 0.15) is 6.92 Å². The minimum absolute atomic E-state index is 0.174. The molecule has 0 saturated carbocycles. The Morgan fingerprint density at radius 3 is 3.16 bits per heavy atom. The summed E-state index contributed by atoms with van der Waals surface area (Å²) in [4.78, 5) is 25.5. The topological polar surface area (TPSA) is 71.1 Å². The molecule has 1 atom stereocenters. The second kappa shape index (κ2) is 4.90. The maximum Gasteiger partial charge on any atom is 0.261 e. The summed E-state index contributed by atoms with van der Waals surface area (Å²) < 4.78 is 6.11. The number of rotatable bonds is 1. The maximum atomic E-state index is 12.1. The van der Waals surface area contributed by atoms with Crippen molar-refractivity contribution in [3.63, 3.8) is 0 Å². The van der Waals surface area contributed by atoms with E-state index in [9.17, 15) is 4.79 Å². The van der Waals surface area contributed by atoms with Crippen LogP contribution in [0.4, 0.5) is 5.95 Å². The Bertz CT molecular complexity index is 672. The zero-order valence-corrected chi connectivity index (χ0v) is 12.0. The molecule has 1 fully saturated rings. The molecule has 0 spiro atoms. The van der Waals surface area contributed by atoms with Crippen molar-refractivity contribution in [3.8, 4) is 0 Å². The standard InChI is InChI=1S/C12H13BrN4O2/c1-7-6-19-3-2-17(7)12-15-10-8(11(18)16-12)4-14-5-9(10)13/h4-5,7H,2-3,6H2,1H3,(H,15,16,18)/t7-/m0/s1. The van der Waals surface area contributed by atoms with Gasteiger partial charge in [-0.05, 0) is 22.9 Å². The Morgan fingerprint density at radius 2 is 2.37 bits per heavy atom. The van der Waals surface area contributed by atoms with E-state index in [4.69, 9.17) is 4.74 Å². The van der Waals surface area contributed by atoms with E-state index in [0.29, 0.717) is 30.1 Å². The van der Waals surface area contributed by atoms with Gasteiger partial charge in [0.05, 0.1) is 34.6 Å². The van der Waals surface area contributed by atoms with Gasteiger partial charge in [-0.1, -0.05) is 0 Å². The minimum atomic E-state index is -0.174. The van der Waals surface area contributed by atoms with Crippen LogP contribution < -0.4 is 10.5 Å². The fourth-order valence-electron chi connectivity index (χ4n) is 2.19. The lowest BCUT2D eigenvalue weighted by Gasteiger charge is -2.33. The summed E-state index contributed by atoms with van der Waals surface area (Å²) in [7, 11) is 0. The van der Waals surface area contributed by atoms with E-state index in [2.05, 4.69) is 35.8 Å². The first-order chi connectivity index (χ1) is 9.16. The van der Waals surface area contributed by atoms with Crippen LogP contribution in [0.2, 0.25) is 0 Å². The van der Waals surface area contributed by atoms with Gasteiger partial charge in [0, 0.05) is 18.9 Å². The fourth-order valence-corrected chi connectivity index (χ4v) is 2.61. The van der Waals surface area contributed by atoms with Gasteiger partial charge in [-0.15, -0.1) is 0 Å². The van der Waals surface area contributed by atoms with Crippen LogP contribution in [-0.2, 0) is 4.74 Å². The lowest BCUT2D eigenvalue weighted by molar-refractivity contribution is 0.0981. The number of morpholine rings is 1. The molecule has 0 aliphatic carbocycles. The van der Waals surface area contributed by atoms with Crippen molar-refractivity contribution in [2.45, 2.75) is 13.0 Å². The van der Waals surface area contributed by atoms with Gasteiger partial charge < -0.3 is 9.64 Å². The summed E-state index contributed by atoms with van der Waals surface area (Å²) >= 11 is 3.38. The number of H-pyrrole nitrogens is 1. The van der Waals surface area contributed by atoms with Gasteiger partial charge in [0.15, 0.2) is 0 Å². The second-order valence-corrected chi connectivity index (χ2v) is 5.38. The summed E-state index contributed by atoms with van der Waals surface area (Å²) in [6.45, 7) is 4.05. The van der Waals surface area contributed by atoms with Crippen molar-refractivity contribution in [3.05, 3.63) is 27.2 Å². The quantitative estimate of drug-likeness (QED) is 0.856. The number of hydrogen-bond donors (Lipinski definition) is 1. The molecule has 3 heterocycles. The molecule has 1 N–H and O–H groups in total. The van der Waals surface area contributed by atoms with Crippen molar-refractivity contribution in [2.24, 2.45) is 0 Å². The Hall–Kier alpha value is -1.47. The number of pyridine rings is 1. The molecule has 3 rings (SSSR count). The van der Waals surface area contributed by atoms with Crippen LogP contribution in [0.15, 0.2) is 21.7 Å². The highest BCUT2D eigenvalue weighted by molar-refractivity contribution is 9.10. The van der Waals surface area contributed by atoms with Gasteiger partial charge >= 0.3 is 0 Å². The van der Waals surface area contributed by atoms with E-state index in [-0.39, 0.29) is 11.6 Å². The predicted octanol–water partition coefficient (Wildman–Crippen LogP) is 1.31. The number of nitrogens with zero attached hydrogens (tertiary/aromatic N) is 3. The summed E-state index contributed by atoms with van der Waals surface area (Å²) in [5.74, 6) is 0.584. The van der Waals surface area contributed by atoms with Crippen LogP contribution in [0.3, 0.4) is 0 Å². The maximum absolute atomic E-state index is 12.1. The van der Waals surface area contributed by atoms with Crippen LogP contribution in [0, 0.1) is 0 Å². The second-order valence-electron chi connectivity index (χ2n) is 4.52. The van der Waals surface area contributed by atoms with Gasteiger partial charge in [-0.2, -0.15) is 0 Å². The highest BCUT2D eigenvalue weighted by Crippen LogP contribution is 2.21. The normalized spacial score (nSPS) is 19.9. The van der Waals surface area contributed by atoms with E-state index in [0.717, 1.165) is 11.0 Å². The molecule has 0 radical (unpaired) electrons. The summed E-state index contributed by atoms with van der Waals surface area (Å²) in [5, 5.41) is 0.485. The highest BCUT2D eigenvalue weighted by Gasteiger charge is 2.22. The third-order valence-corrected chi connectivity index (χ3v) is 3.78. The van der Waals surface area contributed by atoms with Crippen molar-refractivity contribution in [1.29, 1.82) is 0 Å². The Labute approximate surface area is 117 Å². The summed E-state index contributed by atoms with van der Waals surface area (Å²) in [6, 6.07) is 0.190. The molecule has 2 aromatic rings. The molecule has 19 heavy (non-hydrogen) atoms. The largest absolute Gasteiger partial charge is 0.377 e. The summed E-state index contributed by atoms with van der Waals surface area (Å²) in [6.07, 6.45) is 3.17. The van der Waals surface area contributed by atoms with Gasteiger partial charge in [0.1, 0.15) is 0 Å². The van der Waals surface area contributed by atoms with Crippen LogP contribution in [-0.4, -0.2) is 40.8 Å².